The fourth-order valence-corrected chi connectivity index (χ4v) is 3.29. The molecule has 0 aliphatic rings. The molecule has 0 fully saturated rings. The third-order valence-corrected chi connectivity index (χ3v) is 4.42. The molecule has 0 saturated carbocycles. The summed E-state index contributed by atoms with van der Waals surface area (Å²) >= 11 is 7.14. The van der Waals surface area contributed by atoms with Gasteiger partial charge in [-0.05, 0) is 71.7 Å². The molecule has 0 amide bonds. The standard InChI is InChI=1S/C15H19Br2NO2/c1-15(2,3)18-6-5-9-8-20-14-10(16)7-11(19-4)13(17)12(9)14/h7-8,18H,5-6H2,1-4H3. The first-order chi connectivity index (χ1) is 9.33. The van der Waals surface area contributed by atoms with Gasteiger partial charge >= 0.3 is 0 Å². The van der Waals surface area contributed by atoms with Gasteiger partial charge in [-0.15, -0.1) is 0 Å². The molecular formula is C15H19Br2NO2. The molecule has 0 radical (unpaired) electrons. The zero-order chi connectivity index (χ0) is 14.9. The van der Waals surface area contributed by atoms with E-state index in [9.17, 15) is 0 Å². The van der Waals surface area contributed by atoms with Gasteiger partial charge < -0.3 is 14.5 Å². The quantitative estimate of drug-likeness (QED) is 0.786. The fraction of sp³-hybridized carbons (Fsp3) is 0.467. The van der Waals surface area contributed by atoms with E-state index in [1.807, 2.05) is 12.3 Å². The number of hydrogen-bond acceptors (Lipinski definition) is 3. The minimum absolute atomic E-state index is 0.120. The number of fused-ring (bicyclic) bond motifs is 1. The monoisotopic (exact) mass is 403 g/mol. The van der Waals surface area contributed by atoms with Crippen LogP contribution in [0.3, 0.4) is 0 Å². The summed E-state index contributed by atoms with van der Waals surface area (Å²) in [7, 11) is 1.67. The van der Waals surface area contributed by atoms with E-state index in [1.54, 1.807) is 7.11 Å². The minimum atomic E-state index is 0.120. The lowest BCUT2D eigenvalue weighted by molar-refractivity contribution is 0.412. The highest BCUT2D eigenvalue weighted by molar-refractivity contribution is 9.11. The number of hydrogen-bond donors (Lipinski definition) is 1. The summed E-state index contributed by atoms with van der Waals surface area (Å²) in [5, 5.41) is 4.56. The molecule has 0 atom stereocenters. The van der Waals surface area contributed by atoms with E-state index in [2.05, 4.69) is 57.9 Å². The molecule has 1 N–H and O–H groups in total. The summed E-state index contributed by atoms with van der Waals surface area (Å²) in [6, 6.07) is 1.91. The second-order valence-electron chi connectivity index (χ2n) is 5.77. The van der Waals surface area contributed by atoms with Gasteiger partial charge in [0.05, 0.1) is 22.3 Å². The summed E-state index contributed by atoms with van der Waals surface area (Å²) < 4.78 is 12.9. The molecule has 0 bridgehead atoms. The molecule has 1 aromatic heterocycles. The van der Waals surface area contributed by atoms with E-state index in [-0.39, 0.29) is 5.54 Å². The number of ether oxygens (including phenoxy) is 1. The van der Waals surface area contributed by atoms with E-state index in [1.165, 1.54) is 5.56 Å². The lowest BCUT2D eigenvalue weighted by atomic mass is 10.1. The highest BCUT2D eigenvalue weighted by Crippen LogP contribution is 2.40. The number of halogens is 2. The molecule has 0 aliphatic carbocycles. The Labute approximate surface area is 136 Å². The Hall–Kier alpha value is -0.520. The normalized spacial score (nSPS) is 12.1. The van der Waals surface area contributed by atoms with Gasteiger partial charge in [-0.1, -0.05) is 0 Å². The van der Waals surface area contributed by atoms with E-state index in [4.69, 9.17) is 9.15 Å². The maximum absolute atomic E-state index is 5.68. The number of furan rings is 1. The molecule has 0 saturated heterocycles. The minimum Gasteiger partial charge on any atom is -0.496 e. The van der Waals surface area contributed by atoms with Crippen molar-refractivity contribution in [3.8, 4) is 5.75 Å². The van der Waals surface area contributed by atoms with Crippen molar-refractivity contribution in [1.82, 2.24) is 5.32 Å². The van der Waals surface area contributed by atoms with Gasteiger partial charge in [-0.25, -0.2) is 0 Å². The number of methoxy groups -OCH3 is 1. The van der Waals surface area contributed by atoms with Gasteiger partial charge in [0.2, 0.25) is 0 Å². The van der Waals surface area contributed by atoms with Gasteiger partial charge in [-0.3, -0.25) is 0 Å². The van der Waals surface area contributed by atoms with Crippen LogP contribution in [-0.2, 0) is 6.42 Å². The van der Waals surface area contributed by atoms with Crippen LogP contribution in [0.5, 0.6) is 5.75 Å². The number of benzene rings is 1. The number of nitrogens with one attached hydrogen (secondary N) is 1. The Balaban J connectivity index is 2.33. The van der Waals surface area contributed by atoms with Crippen molar-refractivity contribution < 1.29 is 9.15 Å². The third-order valence-electron chi connectivity index (χ3n) is 3.05. The molecule has 2 aromatic rings. The van der Waals surface area contributed by atoms with Gasteiger partial charge in [0.1, 0.15) is 11.3 Å². The molecule has 0 aliphatic heterocycles. The van der Waals surface area contributed by atoms with Crippen LogP contribution in [0.15, 0.2) is 25.7 Å². The lowest BCUT2D eigenvalue weighted by Gasteiger charge is -2.20. The average Bonchev–Trinajstić information content (AvgIpc) is 2.77. The van der Waals surface area contributed by atoms with Crippen LogP contribution in [0, 0.1) is 0 Å². The first-order valence-corrected chi connectivity index (χ1v) is 8.09. The second-order valence-corrected chi connectivity index (χ2v) is 7.41. The van der Waals surface area contributed by atoms with Crippen LogP contribution in [0.2, 0.25) is 0 Å². The van der Waals surface area contributed by atoms with Crippen molar-refractivity contribution in [2.75, 3.05) is 13.7 Å². The topological polar surface area (TPSA) is 34.4 Å². The lowest BCUT2D eigenvalue weighted by Crippen LogP contribution is -2.37. The predicted octanol–water partition coefficient (Wildman–Crippen LogP) is 4.90. The van der Waals surface area contributed by atoms with Crippen LogP contribution in [-0.4, -0.2) is 19.2 Å². The molecule has 20 heavy (non-hydrogen) atoms. The molecular weight excluding hydrogens is 386 g/mol. The predicted molar refractivity (Wildman–Crippen MR) is 89.6 cm³/mol. The van der Waals surface area contributed by atoms with E-state index < -0.39 is 0 Å². The highest BCUT2D eigenvalue weighted by Gasteiger charge is 2.17. The van der Waals surface area contributed by atoms with Crippen molar-refractivity contribution >= 4 is 42.8 Å². The zero-order valence-electron chi connectivity index (χ0n) is 12.1. The van der Waals surface area contributed by atoms with Crippen molar-refractivity contribution in [2.24, 2.45) is 0 Å². The molecule has 2 rings (SSSR count). The molecule has 0 unspecified atom stereocenters. The Kier molecular flexibility index (Phi) is 4.82. The zero-order valence-corrected chi connectivity index (χ0v) is 15.3. The fourth-order valence-electron chi connectivity index (χ4n) is 2.08. The Bertz CT molecular complexity index is 614. The molecule has 3 nitrogen and oxygen atoms in total. The maximum Gasteiger partial charge on any atom is 0.149 e. The Morgan fingerprint density at radius 1 is 1.30 bits per heavy atom. The van der Waals surface area contributed by atoms with Crippen LogP contribution in [0.4, 0.5) is 0 Å². The summed E-state index contributed by atoms with van der Waals surface area (Å²) in [6.45, 7) is 7.39. The number of rotatable bonds is 4. The van der Waals surface area contributed by atoms with Crippen LogP contribution < -0.4 is 10.1 Å². The molecule has 1 aromatic carbocycles. The SMILES string of the molecule is COc1cc(Br)c2occ(CCNC(C)(C)C)c2c1Br. The maximum atomic E-state index is 5.68. The van der Waals surface area contributed by atoms with Crippen molar-refractivity contribution in [2.45, 2.75) is 32.7 Å². The first-order valence-electron chi connectivity index (χ1n) is 6.50. The second kappa shape index (κ2) is 6.08. The summed E-state index contributed by atoms with van der Waals surface area (Å²) in [5.41, 5.74) is 2.14. The van der Waals surface area contributed by atoms with Crippen LogP contribution in [0.25, 0.3) is 11.0 Å². The van der Waals surface area contributed by atoms with E-state index >= 15 is 0 Å². The third kappa shape index (κ3) is 3.38. The molecule has 5 heteroatoms. The Morgan fingerprint density at radius 2 is 2.00 bits per heavy atom. The van der Waals surface area contributed by atoms with Gasteiger partial charge in [0.15, 0.2) is 0 Å². The smallest absolute Gasteiger partial charge is 0.149 e. The summed E-state index contributed by atoms with van der Waals surface area (Å²) in [6.07, 6.45) is 2.73. The van der Waals surface area contributed by atoms with Gasteiger partial charge in [0.25, 0.3) is 0 Å². The van der Waals surface area contributed by atoms with Crippen molar-refractivity contribution in [3.05, 3.63) is 26.8 Å². The van der Waals surface area contributed by atoms with E-state index in [0.717, 1.165) is 38.6 Å². The molecule has 110 valence electrons. The van der Waals surface area contributed by atoms with Gasteiger partial charge in [0, 0.05) is 16.5 Å². The summed E-state index contributed by atoms with van der Waals surface area (Å²) in [4.78, 5) is 0. The summed E-state index contributed by atoms with van der Waals surface area (Å²) in [5.74, 6) is 0.802. The highest BCUT2D eigenvalue weighted by atomic mass is 79.9. The van der Waals surface area contributed by atoms with Crippen LogP contribution >= 0.6 is 31.9 Å². The molecule has 0 spiro atoms. The average molecular weight is 405 g/mol. The van der Waals surface area contributed by atoms with E-state index in [0.29, 0.717) is 0 Å². The van der Waals surface area contributed by atoms with Crippen molar-refractivity contribution in [1.29, 1.82) is 0 Å². The van der Waals surface area contributed by atoms with Gasteiger partial charge in [-0.2, -0.15) is 0 Å². The largest absolute Gasteiger partial charge is 0.496 e. The first kappa shape index (κ1) is 15.9. The van der Waals surface area contributed by atoms with Crippen LogP contribution in [0.1, 0.15) is 26.3 Å². The Morgan fingerprint density at radius 3 is 2.60 bits per heavy atom. The van der Waals surface area contributed by atoms with Crippen molar-refractivity contribution in [3.63, 3.8) is 0 Å². The molecule has 1 heterocycles.